The van der Waals surface area contributed by atoms with E-state index in [0.29, 0.717) is 25.3 Å². The number of allylic oxidation sites excluding steroid dienone is 2. The molecule has 1 amide bonds. The first-order valence-electron chi connectivity index (χ1n) is 9.52. The maximum absolute atomic E-state index is 13.2. The van der Waals surface area contributed by atoms with Crippen molar-refractivity contribution in [2.24, 2.45) is 0 Å². The fourth-order valence-corrected chi connectivity index (χ4v) is 4.31. The molecule has 1 aliphatic carbocycles. The zero-order valence-corrected chi connectivity index (χ0v) is 17.2. The molecule has 0 saturated heterocycles. The molecule has 2 aromatic rings. The highest BCUT2D eigenvalue weighted by molar-refractivity contribution is 9.10. The molecular formula is C22H21BrN2O3. The van der Waals surface area contributed by atoms with E-state index in [2.05, 4.69) is 20.9 Å². The summed E-state index contributed by atoms with van der Waals surface area (Å²) in [6.07, 6.45) is 3.86. The van der Waals surface area contributed by atoms with Gasteiger partial charge >= 0.3 is 0 Å². The molecule has 0 fully saturated rings. The van der Waals surface area contributed by atoms with Crippen molar-refractivity contribution in [1.82, 2.24) is 4.98 Å². The summed E-state index contributed by atoms with van der Waals surface area (Å²) < 4.78 is 6.63. The van der Waals surface area contributed by atoms with Gasteiger partial charge in [-0.25, -0.2) is 4.98 Å². The number of nitrogens with zero attached hydrogens (tertiary/aromatic N) is 2. The number of hydrogen-bond donors (Lipinski definition) is 0. The van der Waals surface area contributed by atoms with Crippen molar-refractivity contribution in [2.75, 3.05) is 11.5 Å². The predicted octanol–water partition coefficient (Wildman–Crippen LogP) is 4.77. The van der Waals surface area contributed by atoms with Gasteiger partial charge in [0.2, 0.25) is 5.91 Å². The van der Waals surface area contributed by atoms with E-state index < -0.39 is 0 Å². The van der Waals surface area contributed by atoms with E-state index in [-0.39, 0.29) is 24.0 Å². The standard InChI is InChI=1S/C22H21BrN2O3/c1-2-28-19-9-4-3-6-15(19)16-12-21(27)25(20-11-10-14(23)13-24-20)17-7-5-8-18(26)22(16)17/h3-4,6,9-11,13,16H,2,5,7-8,12H2,1H3. The van der Waals surface area contributed by atoms with Gasteiger partial charge in [-0.2, -0.15) is 0 Å². The Bertz CT molecular complexity index is 953. The second kappa shape index (κ2) is 7.87. The normalized spacial score (nSPS) is 19.6. The highest BCUT2D eigenvalue weighted by Crippen LogP contribution is 2.45. The van der Waals surface area contributed by atoms with E-state index >= 15 is 0 Å². The molecule has 2 heterocycles. The minimum Gasteiger partial charge on any atom is -0.494 e. The Hall–Kier alpha value is -2.47. The molecule has 0 bridgehead atoms. The van der Waals surface area contributed by atoms with Crippen LogP contribution in [0.4, 0.5) is 5.82 Å². The molecule has 1 unspecified atom stereocenters. The summed E-state index contributed by atoms with van der Waals surface area (Å²) >= 11 is 3.38. The zero-order valence-electron chi connectivity index (χ0n) is 15.7. The number of ketones is 1. The summed E-state index contributed by atoms with van der Waals surface area (Å²) in [6, 6.07) is 11.4. The predicted molar refractivity (Wildman–Crippen MR) is 110 cm³/mol. The molecule has 144 valence electrons. The molecule has 28 heavy (non-hydrogen) atoms. The van der Waals surface area contributed by atoms with Gasteiger partial charge in [0, 0.05) is 46.3 Å². The largest absolute Gasteiger partial charge is 0.494 e. The number of benzene rings is 1. The highest BCUT2D eigenvalue weighted by atomic mass is 79.9. The van der Waals surface area contributed by atoms with Crippen LogP contribution >= 0.6 is 15.9 Å². The average molecular weight is 441 g/mol. The number of aromatic nitrogens is 1. The lowest BCUT2D eigenvalue weighted by Crippen LogP contribution is -2.41. The number of pyridine rings is 1. The van der Waals surface area contributed by atoms with Crippen molar-refractivity contribution in [3.8, 4) is 5.75 Å². The fraction of sp³-hybridized carbons (Fsp3) is 0.318. The van der Waals surface area contributed by atoms with Gasteiger partial charge in [0.15, 0.2) is 5.78 Å². The lowest BCUT2D eigenvalue weighted by atomic mass is 9.77. The van der Waals surface area contributed by atoms with Crippen LogP contribution in [0.3, 0.4) is 0 Å². The molecule has 1 atom stereocenters. The quantitative estimate of drug-likeness (QED) is 0.686. The van der Waals surface area contributed by atoms with E-state index in [1.807, 2.05) is 37.3 Å². The molecule has 0 radical (unpaired) electrons. The minimum absolute atomic E-state index is 0.0421. The third-order valence-corrected chi connectivity index (χ3v) is 5.68. The van der Waals surface area contributed by atoms with Crippen LogP contribution < -0.4 is 9.64 Å². The summed E-state index contributed by atoms with van der Waals surface area (Å²) in [4.78, 5) is 32.2. The summed E-state index contributed by atoms with van der Waals surface area (Å²) in [5.41, 5.74) is 2.44. The number of anilines is 1. The minimum atomic E-state index is -0.273. The summed E-state index contributed by atoms with van der Waals surface area (Å²) in [5.74, 6) is 1.10. The van der Waals surface area contributed by atoms with Gasteiger partial charge < -0.3 is 4.74 Å². The number of rotatable bonds is 4. The van der Waals surface area contributed by atoms with E-state index in [4.69, 9.17) is 4.74 Å². The van der Waals surface area contributed by atoms with Crippen LogP contribution in [0, 0.1) is 0 Å². The summed E-state index contributed by atoms with van der Waals surface area (Å²) in [5, 5.41) is 0. The molecule has 0 saturated carbocycles. The van der Waals surface area contributed by atoms with Crippen molar-refractivity contribution in [2.45, 2.75) is 38.5 Å². The van der Waals surface area contributed by atoms with Crippen molar-refractivity contribution in [1.29, 1.82) is 0 Å². The van der Waals surface area contributed by atoms with Crippen molar-refractivity contribution in [3.63, 3.8) is 0 Å². The Labute approximate surface area is 172 Å². The maximum atomic E-state index is 13.2. The Morgan fingerprint density at radius 2 is 2.00 bits per heavy atom. The van der Waals surface area contributed by atoms with Gasteiger partial charge in [-0.3, -0.25) is 14.5 Å². The second-order valence-corrected chi connectivity index (χ2v) is 7.84. The molecule has 6 heteroatoms. The molecule has 0 N–H and O–H groups in total. The number of carbonyl (C=O) groups is 2. The van der Waals surface area contributed by atoms with Crippen LogP contribution in [0.2, 0.25) is 0 Å². The number of amides is 1. The summed E-state index contributed by atoms with van der Waals surface area (Å²) in [6.45, 7) is 2.46. The SMILES string of the molecule is CCOc1ccccc1C1CC(=O)N(c2ccc(Br)cn2)C2=C1C(=O)CCC2. The zero-order chi connectivity index (χ0) is 19.7. The Balaban J connectivity index is 1.85. The first kappa shape index (κ1) is 18.9. The fourth-order valence-electron chi connectivity index (χ4n) is 4.08. The molecule has 1 aromatic carbocycles. The first-order valence-corrected chi connectivity index (χ1v) is 10.3. The van der Waals surface area contributed by atoms with E-state index in [9.17, 15) is 9.59 Å². The van der Waals surface area contributed by atoms with Crippen molar-refractivity contribution < 1.29 is 14.3 Å². The molecule has 1 aliphatic heterocycles. The average Bonchev–Trinajstić information content (AvgIpc) is 2.69. The molecule has 5 nitrogen and oxygen atoms in total. The van der Waals surface area contributed by atoms with Gasteiger partial charge in [-0.1, -0.05) is 18.2 Å². The van der Waals surface area contributed by atoms with Gasteiger partial charge in [-0.15, -0.1) is 0 Å². The highest BCUT2D eigenvalue weighted by Gasteiger charge is 2.40. The van der Waals surface area contributed by atoms with Crippen molar-refractivity contribution in [3.05, 3.63) is 63.9 Å². The van der Waals surface area contributed by atoms with Gasteiger partial charge in [0.1, 0.15) is 11.6 Å². The number of hydrogen-bond acceptors (Lipinski definition) is 4. The third kappa shape index (κ3) is 3.37. The number of carbonyl (C=O) groups excluding carboxylic acids is 2. The lowest BCUT2D eigenvalue weighted by molar-refractivity contribution is -0.120. The topological polar surface area (TPSA) is 59.5 Å². The first-order chi connectivity index (χ1) is 13.6. The van der Waals surface area contributed by atoms with E-state index in [1.54, 1.807) is 17.2 Å². The van der Waals surface area contributed by atoms with Gasteiger partial charge in [-0.05, 0) is 53.9 Å². The molecule has 0 spiro atoms. The monoisotopic (exact) mass is 440 g/mol. The number of para-hydroxylation sites is 1. The van der Waals surface area contributed by atoms with Crippen LogP contribution in [0.25, 0.3) is 0 Å². The van der Waals surface area contributed by atoms with Crippen LogP contribution in [-0.2, 0) is 9.59 Å². The summed E-state index contributed by atoms with van der Waals surface area (Å²) in [7, 11) is 0. The maximum Gasteiger partial charge on any atom is 0.233 e. The Morgan fingerprint density at radius 1 is 1.18 bits per heavy atom. The molecular weight excluding hydrogens is 420 g/mol. The van der Waals surface area contributed by atoms with E-state index in [1.165, 1.54) is 0 Å². The van der Waals surface area contributed by atoms with Crippen LogP contribution in [0.1, 0.15) is 44.1 Å². The number of halogens is 1. The van der Waals surface area contributed by atoms with Crippen LogP contribution in [0.5, 0.6) is 5.75 Å². The van der Waals surface area contributed by atoms with Gasteiger partial charge in [0.05, 0.1) is 6.61 Å². The van der Waals surface area contributed by atoms with Gasteiger partial charge in [0.25, 0.3) is 0 Å². The molecule has 2 aliphatic rings. The Kier molecular flexibility index (Phi) is 5.31. The van der Waals surface area contributed by atoms with Crippen LogP contribution in [-0.4, -0.2) is 23.3 Å². The Morgan fingerprint density at radius 3 is 2.75 bits per heavy atom. The third-order valence-electron chi connectivity index (χ3n) is 5.21. The number of ether oxygens (including phenoxy) is 1. The lowest BCUT2D eigenvalue weighted by Gasteiger charge is -2.38. The molecule has 1 aromatic heterocycles. The van der Waals surface area contributed by atoms with Crippen LogP contribution in [0.15, 0.2) is 58.3 Å². The van der Waals surface area contributed by atoms with E-state index in [0.717, 1.165) is 33.5 Å². The van der Waals surface area contributed by atoms with Crippen molar-refractivity contribution >= 4 is 33.4 Å². The smallest absolute Gasteiger partial charge is 0.233 e. The molecule has 4 rings (SSSR count). The number of Topliss-reactive ketones (excluding diaryl/α,β-unsaturated/α-hetero) is 1. The second-order valence-electron chi connectivity index (χ2n) is 6.93.